The van der Waals surface area contributed by atoms with Crippen molar-refractivity contribution in [3.63, 3.8) is 0 Å². The molecule has 1 aromatic carbocycles. The lowest BCUT2D eigenvalue weighted by atomic mass is 9.62. The molecule has 0 spiro atoms. The van der Waals surface area contributed by atoms with Crippen molar-refractivity contribution in [3.8, 4) is 0 Å². The zero-order valence-corrected chi connectivity index (χ0v) is 17.0. The Balaban J connectivity index is 1.55. The summed E-state index contributed by atoms with van der Waals surface area (Å²) in [7, 11) is 1.78. The lowest BCUT2D eigenvalue weighted by Gasteiger charge is -2.48. The van der Waals surface area contributed by atoms with Gasteiger partial charge in [-0.2, -0.15) is 9.90 Å². The molecule has 2 aromatic rings. The second-order valence-electron chi connectivity index (χ2n) is 7.57. The molecule has 2 fully saturated rings. The van der Waals surface area contributed by atoms with Gasteiger partial charge >= 0.3 is 0 Å². The number of carbonyl (C=O) groups is 1. The highest BCUT2D eigenvalue weighted by Gasteiger charge is 2.48. The molecular formula is C20H23FN6OS. The van der Waals surface area contributed by atoms with Gasteiger partial charge in [0.05, 0.1) is 11.9 Å². The molecule has 29 heavy (non-hydrogen) atoms. The number of aryl methyl sites for hydroxylation is 1. The zero-order valence-electron chi connectivity index (χ0n) is 16.2. The number of hydrogen-bond donors (Lipinski definition) is 1. The summed E-state index contributed by atoms with van der Waals surface area (Å²) >= 11 is 1.53. The lowest BCUT2D eigenvalue weighted by Crippen LogP contribution is -2.51. The maximum atomic E-state index is 13.2. The molecule has 152 valence electrons. The fraction of sp³-hybridized carbons (Fsp3) is 0.400. The van der Waals surface area contributed by atoms with Gasteiger partial charge in [-0.05, 0) is 73.2 Å². The van der Waals surface area contributed by atoms with E-state index >= 15 is 0 Å². The van der Waals surface area contributed by atoms with E-state index in [2.05, 4.69) is 14.5 Å². The highest BCUT2D eigenvalue weighted by molar-refractivity contribution is 7.97. The van der Waals surface area contributed by atoms with Crippen molar-refractivity contribution < 1.29 is 9.18 Å². The van der Waals surface area contributed by atoms with E-state index < -0.39 is 5.41 Å². The van der Waals surface area contributed by atoms with Crippen molar-refractivity contribution >= 4 is 29.6 Å². The van der Waals surface area contributed by atoms with E-state index in [4.69, 9.17) is 10.7 Å². The number of fused-ring (bicyclic) bond motifs is 1. The van der Waals surface area contributed by atoms with Gasteiger partial charge in [0.15, 0.2) is 5.03 Å². The first-order chi connectivity index (χ1) is 14.0. The highest BCUT2D eigenvalue weighted by atomic mass is 32.2. The minimum Gasteiger partial charge on any atom is -0.404 e. The number of aromatic nitrogens is 3. The molecule has 2 atom stereocenters. The summed E-state index contributed by atoms with van der Waals surface area (Å²) in [4.78, 5) is 18.5. The molecule has 1 aliphatic carbocycles. The molecule has 2 unspecified atom stereocenters. The van der Waals surface area contributed by atoms with Crippen LogP contribution in [0, 0.1) is 17.2 Å². The van der Waals surface area contributed by atoms with Crippen LogP contribution in [-0.2, 0) is 11.8 Å². The first-order valence-corrected chi connectivity index (χ1v) is 10.3. The number of benzene rings is 1. The largest absolute Gasteiger partial charge is 0.404 e. The van der Waals surface area contributed by atoms with Gasteiger partial charge in [-0.15, -0.1) is 5.10 Å². The normalized spacial score (nSPS) is 27.9. The topological polar surface area (TPSA) is 89.4 Å². The number of aliphatic imine (C=N–C) groups is 1. The Morgan fingerprint density at radius 2 is 2.17 bits per heavy atom. The average Bonchev–Trinajstić information content (AvgIpc) is 3.14. The third-order valence-corrected chi connectivity index (χ3v) is 6.61. The predicted octanol–water partition coefficient (Wildman–Crippen LogP) is 2.88. The number of hydrogen-bond acceptors (Lipinski definition) is 7. The minimum atomic E-state index is -0.500. The molecule has 9 heteroatoms. The number of allylic oxidation sites excluding steroid dienone is 1. The van der Waals surface area contributed by atoms with Crippen molar-refractivity contribution in [2.75, 3.05) is 13.1 Å². The fourth-order valence-corrected chi connectivity index (χ4v) is 5.16. The minimum absolute atomic E-state index is 0.196. The SMILES string of the molecule is Cn1ncc(SN2CCC3CC(=Nc4ccc(F)cc4)C(=CN)CC3(C=O)C2)n1. The van der Waals surface area contributed by atoms with E-state index in [0.29, 0.717) is 25.1 Å². The number of halogens is 1. The molecule has 1 aliphatic heterocycles. The van der Waals surface area contributed by atoms with Crippen LogP contribution in [0.2, 0.25) is 0 Å². The number of nitrogens with two attached hydrogens (primary N) is 1. The number of rotatable bonds is 4. The van der Waals surface area contributed by atoms with Crippen LogP contribution < -0.4 is 5.73 Å². The summed E-state index contributed by atoms with van der Waals surface area (Å²) in [5.74, 6) is -0.0956. The fourth-order valence-electron chi connectivity index (χ4n) is 4.15. The maximum Gasteiger partial charge on any atom is 0.153 e. The molecule has 0 bridgehead atoms. The van der Waals surface area contributed by atoms with Crippen LogP contribution in [0.15, 0.2) is 52.3 Å². The second-order valence-corrected chi connectivity index (χ2v) is 8.69. The molecule has 1 saturated carbocycles. The van der Waals surface area contributed by atoms with Crippen LogP contribution in [0.25, 0.3) is 0 Å². The third-order valence-electron chi connectivity index (χ3n) is 5.67. The Hall–Kier alpha value is -2.52. The van der Waals surface area contributed by atoms with Gasteiger partial charge in [-0.3, -0.25) is 4.99 Å². The Labute approximate surface area is 173 Å². The monoisotopic (exact) mass is 414 g/mol. The predicted molar refractivity (Wildman–Crippen MR) is 110 cm³/mol. The van der Waals surface area contributed by atoms with Gasteiger partial charge in [0.2, 0.25) is 0 Å². The van der Waals surface area contributed by atoms with E-state index in [-0.39, 0.29) is 11.7 Å². The van der Waals surface area contributed by atoms with Crippen molar-refractivity contribution in [1.29, 1.82) is 0 Å². The van der Waals surface area contributed by atoms with Gasteiger partial charge in [-0.1, -0.05) is 0 Å². The summed E-state index contributed by atoms with van der Waals surface area (Å²) < 4.78 is 15.4. The van der Waals surface area contributed by atoms with Crippen LogP contribution in [-0.4, -0.2) is 44.4 Å². The molecular weight excluding hydrogens is 391 g/mol. The van der Waals surface area contributed by atoms with E-state index in [0.717, 1.165) is 35.6 Å². The van der Waals surface area contributed by atoms with Crippen LogP contribution in [0.5, 0.6) is 0 Å². The quantitative estimate of drug-likeness (QED) is 0.611. The molecule has 1 aromatic heterocycles. The maximum absolute atomic E-state index is 13.2. The number of nitrogens with zero attached hydrogens (tertiary/aromatic N) is 5. The standard InChI is InChI=1S/C20H23FN6OS/c1-26-23-11-19(25-26)29-27-7-6-15-8-18(24-17-4-2-16(21)3-5-17)14(10-22)9-20(15,12-27)13-28/h2-5,10-11,13,15H,6-9,12,22H2,1H3. The van der Waals surface area contributed by atoms with Crippen molar-refractivity contribution in [2.24, 2.45) is 29.1 Å². The van der Waals surface area contributed by atoms with E-state index in [1.165, 1.54) is 28.9 Å². The van der Waals surface area contributed by atoms with Gasteiger partial charge in [0.1, 0.15) is 12.1 Å². The first-order valence-electron chi connectivity index (χ1n) is 9.51. The van der Waals surface area contributed by atoms with Crippen molar-refractivity contribution in [2.45, 2.75) is 24.3 Å². The summed E-state index contributed by atoms with van der Waals surface area (Å²) in [5, 5.41) is 9.24. The van der Waals surface area contributed by atoms with Crippen LogP contribution in [0.1, 0.15) is 19.3 Å². The van der Waals surface area contributed by atoms with Gasteiger partial charge < -0.3 is 10.5 Å². The number of piperidine rings is 1. The Bertz CT molecular complexity index is 956. The first kappa shape index (κ1) is 19.8. The summed E-state index contributed by atoms with van der Waals surface area (Å²) in [6.07, 6.45) is 6.49. The van der Waals surface area contributed by atoms with Crippen LogP contribution >= 0.6 is 11.9 Å². The Morgan fingerprint density at radius 1 is 1.38 bits per heavy atom. The van der Waals surface area contributed by atoms with E-state index in [1.807, 2.05) is 0 Å². The van der Waals surface area contributed by atoms with Crippen molar-refractivity contribution in [3.05, 3.63) is 48.1 Å². The molecule has 0 radical (unpaired) electrons. The Morgan fingerprint density at radius 3 is 2.83 bits per heavy atom. The zero-order chi connectivity index (χ0) is 20.4. The van der Waals surface area contributed by atoms with Crippen molar-refractivity contribution in [1.82, 2.24) is 19.3 Å². The summed E-state index contributed by atoms with van der Waals surface area (Å²) in [6, 6.07) is 6.09. The lowest BCUT2D eigenvalue weighted by molar-refractivity contribution is -0.121. The smallest absolute Gasteiger partial charge is 0.153 e. The second kappa shape index (κ2) is 8.08. The molecule has 4 rings (SSSR count). The Kier molecular flexibility index (Phi) is 5.51. The number of aldehydes is 1. The molecule has 1 saturated heterocycles. The molecule has 2 aliphatic rings. The summed E-state index contributed by atoms with van der Waals surface area (Å²) in [5.41, 5.74) is 7.86. The molecule has 2 N–H and O–H groups in total. The highest BCUT2D eigenvalue weighted by Crippen LogP contribution is 2.48. The van der Waals surface area contributed by atoms with Gasteiger partial charge in [-0.25, -0.2) is 8.70 Å². The summed E-state index contributed by atoms with van der Waals surface area (Å²) in [6.45, 7) is 1.48. The van der Waals surface area contributed by atoms with Gasteiger partial charge in [0, 0.05) is 31.3 Å². The van der Waals surface area contributed by atoms with E-state index in [1.54, 1.807) is 31.6 Å². The third kappa shape index (κ3) is 4.11. The molecule has 2 heterocycles. The van der Waals surface area contributed by atoms with Crippen LogP contribution in [0.3, 0.4) is 0 Å². The van der Waals surface area contributed by atoms with E-state index in [9.17, 15) is 9.18 Å². The van der Waals surface area contributed by atoms with Crippen LogP contribution in [0.4, 0.5) is 10.1 Å². The van der Waals surface area contributed by atoms with Gasteiger partial charge in [0.25, 0.3) is 0 Å². The molecule has 0 amide bonds. The average molecular weight is 415 g/mol. The number of carbonyl (C=O) groups excluding carboxylic acids is 1. The molecule has 7 nitrogen and oxygen atoms in total.